The fourth-order valence-electron chi connectivity index (χ4n) is 3.57. The van der Waals surface area contributed by atoms with Crippen LogP contribution in [0, 0.1) is 6.92 Å². The molecule has 0 aliphatic heterocycles. The van der Waals surface area contributed by atoms with E-state index in [0.717, 1.165) is 16.3 Å². The third kappa shape index (κ3) is 5.21. The number of hydrogen-bond acceptors (Lipinski definition) is 4. The van der Waals surface area contributed by atoms with Gasteiger partial charge in [0.2, 0.25) is 0 Å². The summed E-state index contributed by atoms with van der Waals surface area (Å²) in [5, 5.41) is 19.3. The van der Waals surface area contributed by atoms with Crippen molar-refractivity contribution in [2.24, 2.45) is 0 Å². The van der Waals surface area contributed by atoms with Gasteiger partial charge in [0, 0.05) is 24.0 Å². The van der Waals surface area contributed by atoms with E-state index in [1.165, 1.54) is 12.5 Å². The lowest BCUT2D eigenvalue weighted by Gasteiger charge is -2.17. The first-order valence-corrected chi connectivity index (χ1v) is 10.6. The van der Waals surface area contributed by atoms with E-state index < -0.39 is 23.9 Å². The van der Waals surface area contributed by atoms with Gasteiger partial charge in [0.05, 0.1) is 17.6 Å². The molecular weight excluding hydrogens is 434 g/mol. The largest absolute Gasteiger partial charge is 0.480 e. The molecular formula is C25H23N5O4. The molecule has 3 amide bonds. The highest BCUT2D eigenvalue weighted by Crippen LogP contribution is 2.25. The number of aromatic amines is 1. The topological polar surface area (TPSA) is 136 Å². The normalized spacial score (nSPS) is 11.6. The number of anilines is 2. The molecule has 1 atom stereocenters. The van der Waals surface area contributed by atoms with Crippen LogP contribution in [0.2, 0.25) is 0 Å². The maximum atomic E-state index is 13.2. The molecule has 0 saturated heterocycles. The maximum absolute atomic E-state index is 13.2. The number of fused-ring (bicyclic) bond motifs is 1. The number of nitrogens with zero attached hydrogens (tertiary/aromatic N) is 1. The van der Waals surface area contributed by atoms with E-state index >= 15 is 0 Å². The molecule has 9 heteroatoms. The average Bonchev–Trinajstić information content (AvgIpc) is 3.33. The van der Waals surface area contributed by atoms with Crippen molar-refractivity contribution in [2.75, 3.05) is 10.6 Å². The number of carbonyl (C=O) groups is 3. The summed E-state index contributed by atoms with van der Waals surface area (Å²) in [6, 6.07) is 16.3. The van der Waals surface area contributed by atoms with Crippen molar-refractivity contribution >= 4 is 40.1 Å². The van der Waals surface area contributed by atoms with Gasteiger partial charge in [0.15, 0.2) is 0 Å². The molecule has 0 unspecified atom stereocenters. The van der Waals surface area contributed by atoms with E-state index in [-0.39, 0.29) is 17.7 Å². The summed E-state index contributed by atoms with van der Waals surface area (Å²) in [5.41, 5.74) is 2.50. The number of aryl methyl sites for hydroxylation is 1. The summed E-state index contributed by atoms with van der Waals surface area (Å²) in [4.78, 5) is 44.4. The van der Waals surface area contributed by atoms with Gasteiger partial charge in [-0.3, -0.25) is 4.79 Å². The Hall–Kier alpha value is -4.66. The van der Waals surface area contributed by atoms with Crippen LogP contribution in [-0.4, -0.2) is 39.0 Å². The minimum absolute atomic E-state index is 0.0329. The Morgan fingerprint density at radius 3 is 2.32 bits per heavy atom. The summed E-state index contributed by atoms with van der Waals surface area (Å²) in [6.45, 7) is 1.87. The number of imidazole rings is 1. The summed E-state index contributed by atoms with van der Waals surface area (Å²) < 4.78 is 0. The molecule has 0 fully saturated rings. The van der Waals surface area contributed by atoms with Gasteiger partial charge < -0.3 is 26.0 Å². The van der Waals surface area contributed by atoms with Crippen LogP contribution in [0.25, 0.3) is 10.8 Å². The number of amides is 3. The van der Waals surface area contributed by atoms with Crippen molar-refractivity contribution in [3.05, 3.63) is 90.0 Å². The third-order valence-electron chi connectivity index (χ3n) is 5.35. The number of urea groups is 1. The molecule has 0 radical (unpaired) electrons. The van der Waals surface area contributed by atoms with Gasteiger partial charge in [-0.15, -0.1) is 0 Å². The Bertz CT molecular complexity index is 1350. The smallest absolute Gasteiger partial charge is 0.326 e. The molecule has 0 aliphatic carbocycles. The van der Waals surface area contributed by atoms with Crippen LogP contribution in [0.1, 0.15) is 21.6 Å². The second-order valence-corrected chi connectivity index (χ2v) is 7.78. The SMILES string of the molecule is Cc1ccccc1NC(=O)Nc1cc2ccccc2cc1C(=O)N[C@@H](Cc1cnc[nH]1)C(=O)O. The highest BCUT2D eigenvalue weighted by Gasteiger charge is 2.24. The van der Waals surface area contributed by atoms with Gasteiger partial charge in [-0.25, -0.2) is 14.6 Å². The minimum Gasteiger partial charge on any atom is -0.480 e. The molecule has 4 rings (SSSR count). The quantitative estimate of drug-likeness (QED) is 0.286. The standard InChI is InChI=1S/C25H23N5O4/c1-15-6-2-5-9-20(15)29-25(34)30-21-11-17-8-4-3-7-16(17)10-19(21)23(31)28-22(24(32)33)12-18-13-26-14-27-18/h2-11,13-14,22H,12H2,1H3,(H,26,27)(H,28,31)(H,32,33)(H2,29,30,34)/t22-/m0/s1. The number of benzene rings is 3. The van der Waals surface area contributed by atoms with Crippen LogP contribution >= 0.6 is 0 Å². The fraction of sp³-hybridized carbons (Fsp3) is 0.120. The summed E-state index contributed by atoms with van der Waals surface area (Å²) in [7, 11) is 0. The fourth-order valence-corrected chi connectivity index (χ4v) is 3.57. The zero-order chi connectivity index (χ0) is 24.1. The second kappa shape index (κ2) is 9.86. The number of carboxylic acids is 1. The number of H-pyrrole nitrogens is 1. The minimum atomic E-state index is -1.19. The predicted octanol–water partition coefficient (Wildman–Crippen LogP) is 3.94. The van der Waals surface area contributed by atoms with Crippen LogP contribution < -0.4 is 16.0 Å². The Kier molecular flexibility index (Phi) is 6.54. The molecule has 172 valence electrons. The molecule has 1 aromatic heterocycles. The van der Waals surface area contributed by atoms with Crippen molar-refractivity contribution in [2.45, 2.75) is 19.4 Å². The lowest BCUT2D eigenvalue weighted by Crippen LogP contribution is -2.42. The van der Waals surface area contributed by atoms with Gasteiger partial charge in [-0.05, 0) is 41.5 Å². The Balaban J connectivity index is 1.61. The van der Waals surface area contributed by atoms with Crippen molar-refractivity contribution in [3.8, 4) is 0 Å². The van der Waals surface area contributed by atoms with E-state index in [0.29, 0.717) is 11.4 Å². The lowest BCUT2D eigenvalue weighted by molar-refractivity contribution is -0.139. The lowest BCUT2D eigenvalue weighted by atomic mass is 10.0. The van der Waals surface area contributed by atoms with Crippen LogP contribution in [0.3, 0.4) is 0 Å². The van der Waals surface area contributed by atoms with Crippen LogP contribution in [0.5, 0.6) is 0 Å². The van der Waals surface area contributed by atoms with E-state index in [1.807, 2.05) is 49.4 Å². The van der Waals surface area contributed by atoms with Gasteiger partial charge in [0.25, 0.3) is 5.91 Å². The van der Waals surface area contributed by atoms with Crippen molar-refractivity contribution < 1.29 is 19.5 Å². The first-order chi connectivity index (χ1) is 16.4. The highest BCUT2D eigenvalue weighted by atomic mass is 16.4. The second-order valence-electron chi connectivity index (χ2n) is 7.78. The monoisotopic (exact) mass is 457 g/mol. The van der Waals surface area contributed by atoms with Gasteiger partial charge in [-0.1, -0.05) is 42.5 Å². The summed E-state index contributed by atoms with van der Waals surface area (Å²) >= 11 is 0. The summed E-state index contributed by atoms with van der Waals surface area (Å²) in [5.74, 6) is -1.81. The first kappa shape index (κ1) is 22.5. The van der Waals surface area contributed by atoms with E-state index in [9.17, 15) is 19.5 Å². The van der Waals surface area contributed by atoms with Gasteiger partial charge in [0.1, 0.15) is 6.04 Å². The number of carboxylic acid groups (broad SMARTS) is 1. The molecule has 0 aliphatic rings. The van der Waals surface area contributed by atoms with Crippen molar-refractivity contribution in [1.29, 1.82) is 0 Å². The van der Waals surface area contributed by atoms with Crippen LogP contribution in [-0.2, 0) is 11.2 Å². The molecule has 5 N–H and O–H groups in total. The van der Waals surface area contributed by atoms with E-state index in [2.05, 4.69) is 25.9 Å². The number of hydrogen-bond donors (Lipinski definition) is 5. The maximum Gasteiger partial charge on any atom is 0.326 e. The average molecular weight is 457 g/mol. The van der Waals surface area contributed by atoms with Crippen molar-refractivity contribution in [3.63, 3.8) is 0 Å². The molecule has 4 aromatic rings. The van der Waals surface area contributed by atoms with Crippen molar-refractivity contribution in [1.82, 2.24) is 15.3 Å². The summed E-state index contributed by atoms with van der Waals surface area (Å²) in [6.07, 6.45) is 2.97. The Morgan fingerprint density at radius 1 is 0.971 bits per heavy atom. The number of aliphatic carboxylic acids is 1. The van der Waals surface area contributed by atoms with Gasteiger partial charge in [-0.2, -0.15) is 0 Å². The molecule has 1 heterocycles. The number of rotatable bonds is 7. The Labute approximate surface area is 195 Å². The Morgan fingerprint density at radius 2 is 1.65 bits per heavy atom. The van der Waals surface area contributed by atoms with Crippen LogP contribution in [0.4, 0.5) is 16.2 Å². The first-order valence-electron chi connectivity index (χ1n) is 10.6. The molecule has 3 aromatic carbocycles. The predicted molar refractivity (Wildman–Crippen MR) is 129 cm³/mol. The number of aromatic nitrogens is 2. The van der Waals surface area contributed by atoms with Crippen LogP contribution in [0.15, 0.2) is 73.2 Å². The number of para-hydroxylation sites is 1. The molecule has 0 bridgehead atoms. The highest BCUT2D eigenvalue weighted by molar-refractivity contribution is 6.10. The zero-order valence-electron chi connectivity index (χ0n) is 18.3. The number of nitrogens with one attached hydrogen (secondary N) is 4. The zero-order valence-corrected chi connectivity index (χ0v) is 18.3. The molecule has 9 nitrogen and oxygen atoms in total. The molecule has 0 spiro atoms. The molecule has 0 saturated carbocycles. The number of carbonyl (C=O) groups excluding carboxylic acids is 2. The van der Waals surface area contributed by atoms with E-state index in [4.69, 9.17) is 0 Å². The third-order valence-corrected chi connectivity index (χ3v) is 5.35. The van der Waals surface area contributed by atoms with E-state index in [1.54, 1.807) is 18.2 Å². The van der Waals surface area contributed by atoms with Gasteiger partial charge >= 0.3 is 12.0 Å². The molecule has 34 heavy (non-hydrogen) atoms.